The van der Waals surface area contributed by atoms with Crippen LogP contribution in [0, 0.1) is 0 Å². The Hall–Kier alpha value is -1.92. The molecule has 1 unspecified atom stereocenters. The van der Waals surface area contributed by atoms with Crippen LogP contribution >= 0.6 is 0 Å². The first-order valence-electron chi connectivity index (χ1n) is 9.15. The van der Waals surface area contributed by atoms with Gasteiger partial charge in [0.25, 0.3) is 5.91 Å². The summed E-state index contributed by atoms with van der Waals surface area (Å²) in [5.41, 5.74) is 1.54. The summed E-state index contributed by atoms with van der Waals surface area (Å²) in [6, 6.07) is 7.39. The van der Waals surface area contributed by atoms with Crippen molar-refractivity contribution in [2.45, 2.75) is 32.3 Å². The van der Waals surface area contributed by atoms with Crippen LogP contribution in [-0.4, -0.2) is 72.1 Å². The van der Waals surface area contributed by atoms with Crippen LogP contribution in [0.15, 0.2) is 24.3 Å². The maximum atomic E-state index is 12.7. The summed E-state index contributed by atoms with van der Waals surface area (Å²) in [7, 11) is 0. The number of anilines is 1. The molecule has 2 aliphatic heterocycles. The number of carbonyl (C=O) groups excluding carboxylic acids is 2. The molecule has 0 bridgehead atoms. The summed E-state index contributed by atoms with van der Waals surface area (Å²) in [5.74, 6) is 0.202. The van der Waals surface area contributed by atoms with Gasteiger partial charge in [0, 0.05) is 56.9 Å². The molecule has 1 N–H and O–H groups in total. The minimum atomic E-state index is -0.340. The molecule has 1 atom stereocenters. The molecule has 0 spiro atoms. The van der Waals surface area contributed by atoms with Gasteiger partial charge in [-0.25, -0.2) is 0 Å². The largest absolute Gasteiger partial charge is 0.392 e. The first-order chi connectivity index (χ1) is 12.0. The number of hydrogen-bond acceptors (Lipinski definition) is 4. The van der Waals surface area contributed by atoms with E-state index in [1.807, 2.05) is 34.1 Å². The third kappa shape index (κ3) is 4.38. The SMILES string of the molecule is CC(O)CN1CCN(C(=O)c2ccc(N3CCCCC3=O)cc2)CC1. The summed E-state index contributed by atoms with van der Waals surface area (Å²) < 4.78 is 0. The van der Waals surface area contributed by atoms with Crippen LogP contribution in [0.1, 0.15) is 36.5 Å². The fraction of sp³-hybridized carbons (Fsp3) is 0.579. The van der Waals surface area contributed by atoms with E-state index in [1.165, 1.54) is 0 Å². The monoisotopic (exact) mass is 345 g/mol. The quantitative estimate of drug-likeness (QED) is 0.894. The Balaban J connectivity index is 1.59. The number of benzene rings is 1. The number of rotatable bonds is 4. The van der Waals surface area contributed by atoms with Gasteiger partial charge in [-0.05, 0) is 44.0 Å². The Morgan fingerprint density at radius 1 is 1.08 bits per heavy atom. The van der Waals surface area contributed by atoms with Gasteiger partial charge in [0.2, 0.25) is 5.91 Å². The molecule has 6 nitrogen and oxygen atoms in total. The molecule has 1 aromatic carbocycles. The lowest BCUT2D eigenvalue weighted by atomic mass is 10.1. The summed E-state index contributed by atoms with van der Waals surface area (Å²) in [4.78, 5) is 30.5. The van der Waals surface area contributed by atoms with Crippen molar-refractivity contribution >= 4 is 17.5 Å². The van der Waals surface area contributed by atoms with Crippen LogP contribution in [-0.2, 0) is 4.79 Å². The Morgan fingerprint density at radius 3 is 2.36 bits per heavy atom. The summed E-state index contributed by atoms with van der Waals surface area (Å²) in [5, 5.41) is 9.46. The van der Waals surface area contributed by atoms with Crippen molar-refractivity contribution in [2.24, 2.45) is 0 Å². The highest BCUT2D eigenvalue weighted by molar-refractivity contribution is 5.97. The minimum absolute atomic E-state index is 0.0354. The van der Waals surface area contributed by atoms with Crippen LogP contribution in [0.5, 0.6) is 0 Å². The molecule has 0 saturated carbocycles. The lowest BCUT2D eigenvalue weighted by Crippen LogP contribution is -2.50. The zero-order valence-corrected chi connectivity index (χ0v) is 14.9. The number of aliphatic hydroxyl groups excluding tert-OH is 1. The average Bonchev–Trinajstić information content (AvgIpc) is 2.62. The van der Waals surface area contributed by atoms with E-state index in [2.05, 4.69) is 4.90 Å². The summed E-state index contributed by atoms with van der Waals surface area (Å²) in [6.07, 6.45) is 2.26. The summed E-state index contributed by atoms with van der Waals surface area (Å²) >= 11 is 0. The Labute approximate surface area is 149 Å². The van der Waals surface area contributed by atoms with Crippen LogP contribution in [0.25, 0.3) is 0 Å². The van der Waals surface area contributed by atoms with E-state index in [0.717, 1.165) is 38.2 Å². The van der Waals surface area contributed by atoms with Crippen molar-refractivity contribution in [1.82, 2.24) is 9.80 Å². The second kappa shape index (κ2) is 7.97. The van der Waals surface area contributed by atoms with Gasteiger partial charge in [-0.2, -0.15) is 0 Å². The number of amides is 2. The van der Waals surface area contributed by atoms with Gasteiger partial charge < -0.3 is 14.9 Å². The lowest BCUT2D eigenvalue weighted by Gasteiger charge is -2.35. The number of piperidine rings is 1. The van der Waals surface area contributed by atoms with Gasteiger partial charge in [-0.1, -0.05) is 0 Å². The number of aliphatic hydroxyl groups is 1. The van der Waals surface area contributed by atoms with Gasteiger partial charge in [-0.15, -0.1) is 0 Å². The van der Waals surface area contributed by atoms with Crippen LogP contribution in [0.2, 0.25) is 0 Å². The molecule has 2 aliphatic rings. The molecule has 1 aromatic rings. The first-order valence-corrected chi connectivity index (χ1v) is 9.15. The van der Waals surface area contributed by atoms with Gasteiger partial charge >= 0.3 is 0 Å². The molecule has 2 heterocycles. The fourth-order valence-electron chi connectivity index (χ4n) is 3.55. The molecule has 0 aromatic heterocycles. The van der Waals surface area contributed by atoms with E-state index in [-0.39, 0.29) is 17.9 Å². The van der Waals surface area contributed by atoms with Gasteiger partial charge in [-0.3, -0.25) is 14.5 Å². The van der Waals surface area contributed by atoms with E-state index >= 15 is 0 Å². The second-order valence-electron chi connectivity index (χ2n) is 6.99. The highest BCUT2D eigenvalue weighted by atomic mass is 16.3. The minimum Gasteiger partial charge on any atom is -0.392 e. The van der Waals surface area contributed by atoms with Crippen molar-refractivity contribution in [3.63, 3.8) is 0 Å². The van der Waals surface area contributed by atoms with E-state index < -0.39 is 0 Å². The number of piperazine rings is 1. The van der Waals surface area contributed by atoms with E-state index in [9.17, 15) is 14.7 Å². The molecule has 136 valence electrons. The van der Waals surface area contributed by atoms with Crippen LogP contribution < -0.4 is 4.90 Å². The first kappa shape index (κ1) is 17.9. The molecule has 2 amide bonds. The zero-order chi connectivity index (χ0) is 17.8. The van der Waals surface area contributed by atoms with Crippen molar-refractivity contribution in [3.05, 3.63) is 29.8 Å². The maximum absolute atomic E-state index is 12.7. The van der Waals surface area contributed by atoms with E-state index in [0.29, 0.717) is 31.6 Å². The van der Waals surface area contributed by atoms with Crippen LogP contribution in [0.3, 0.4) is 0 Å². The van der Waals surface area contributed by atoms with Crippen molar-refractivity contribution < 1.29 is 14.7 Å². The fourth-order valence-corrected chi connectivity index (χ4v) is 3.55. The number of carbonyl (C=O) groups is 2. The smallest absolute Gasteiger partial charge is 0.253 e. The number of β-amino-alcohol motifs (C(OH)–C–C–N with tert-alkyl or cyclic N) is 1. The topological polar surface area (TPSA) is 64.1 Å². The summed E-state index contributed by atoms with van der Waals surface area (Å²) in [6.45, 7) is 6.13. The molecule has 0 aliphatic carbocycles. The Morgan fingerprint density at radius 2 is 1.76 bits per heavy atom. The molecular formula is C19H27N3O3. The highest BCUT2D eigenvalue weighted by Gasteiger charge is 2.23. The molecular weight excluding hydrogens is 318 g/mol. The number of hydrogen-bond donors (Lipinski definition) is 1. The Bertz CT molecular complexity index is 607. The lowest BCUT2D eigenvalue weighted by molar-refractivity contribution is -0.119. The predicted molar refractivity (Wildman–Crippen MR) is 96.7 cm³/mol. The third-order valence-electron chi connectivity index (χ3n) is 4.93. The average molecular weight is 345 g/mol. The predicted octanol–water partition coefficient (Wildman–Crippen LogP) is 1.34. The van der Waals surface area contributed by atoms with Crippen molar-refractivity contribution in [1.29, 1.82) is 0 Å². The molecule has 6 heteroatoms. The molecule has 2 saturated heterocycles. The highest BCUT2D eigenvalue weighted by Crippen LogP contribution is 2.22. The molecule has 25 heavy (non-hydrogen) atoms. The second-order valence-corrected chi connectivity index (χ2v) is 6.99. The van der Waals surface area contributed by atoms with Crippen molar-refractivity contribution in [3.8, 4) is 0 Å². The van der Waals surface area contributed by atoms with Crippen molar-refractivity contribution in [2.75, 3.05) is 44.2 Å². The molecule has 3 rings (SSSR count). The Kier molecular flexibility index (Phi) is 5.71. The van der Waals surface area contributed by atoms with E-state index in [1.54, 1.807) is 6.92 Å². The maximum Gasteiger partial charge on any atom is 0.253 e. The van der Waals surface area contributed by atoms with Gasteiger partial charge in [0.1, 0.15) is 0 Å². The zero-order valence-electron chi connectivity index (χ0n) is 14.9. The molecule has 0 radical (unpaired) electrons. The molecule has 2 fully saturated rings. The van der Waals surface area contributed by atoms with Crippen LogP contribution in [0.4, 0.5) is 5.69 Å². The van der Waals surface area contributed by atoms with Gasteiger partial charge in [0.15, 0.2) is 0 Å². The normalized spacial score (nSPS) is 20.6. The standard InChI is InChI=1S/C19H27N3O3/c1-15(23)14-20-10-12-21(13-11-20)19(25)16-5-7-17(8-6-16)22-9-3-2-4-18(22)24/h5-8,15,23H,2-4,9-14H2,1H3. The van der Waals surface area contributed by atoms with E-state index in [4.69, 9.17) is 0 Å². The van der Waals surface area contributed by atoms with Gasteiger partial charge in [0.05, 0.1) is 6.10 Å². The number of nitrogens with zero attached hydrogens (tertiary/aromatic N) is 3. The third-order valence-corrected chi connectivity index (χ3v) is 4.93.